The van der Waals surface area contributed by atoms with Gasteiger partial charge >= 0.3 is 0 Å². The lowest BCUT2D eigenvalue weighted by Crippen LogP contribution is -2.21. The SMILES string of the molecule is CC(=NNC(=O)Cc1cccc2ccccc12)c1ccc(C)c(C)c1. The average molecular weight is 330 g/mol. The van der Waals surface area contributed by atoms with Crippen LogP contribution in [0, 0.1) is 13.8 Å². The topological polar surface area (TPSA) is 41.5 Å². The third kappa shape index (κ3) is 3.94. The van der Waals surface area contributed by atoms with Crippen LogP contribution < -0.4 is 5.43 Å². The molecule has 0 saturated carbocycles. The normalized spacial score (nSPS) is 11.6. The van der Waals surface area contributed by atoms with Crippen molar-refractivity contribution in [3.8, 4) is 0 Å². The number of rotatable bonds is 4. The molecule has 0 aliphatic rings. The maximum Gasteiger partial charge on any atom is 0.244 e. The van der Waals surface area contributed by atoms with Crippen molar-refractivity contribution in [2.75, 3.05) is 0 Å². The van der Waals surface area contributed by atoms with Gasteiger partial charge in [0.05, 0.1) is 12.1 Å². The van der Waals surface area contributed by atoms with Crippen LogP contribution in [-0.4, -0.2) is 11.6 Å². The fraction of sp³-hybridized carbons (Fsp3) is 0.182. The molecule has 0 aromatic heterocycles. The number of hydrogen-bond acceptors (Lipinski definition) is 2. The van der Waals surface area contributed by atoms with E-state index < -0.39 is 0 Å². The first-order chi connectivity index (χ1) is 12.0. The van der Waals surface area contributed by atoms with Gasteiger partial charge in [-0.05, 0) is 59.9 Å². The molecule has 0 heterocycles. The van der Waals surface area contributed by atoms with Gasteiger partial charge in [-0.2, -0.15) is 5.10 Å². The lowest BCUT2D eigenvalue weighted by atomic mass is 10.0. The number of aryl methyl sites for hydroxylation is 2. The van der Waals surface area contributed by atoms with Gasteiger partial charge in [-0.3, -0.25) is 4.79 Å². The van der Waals surface area contributed by atoms with Crippen LogP contribution in [0.25, 0.3) is 10.8 Å². The van der Waals surface area contributed by atoms with Crippen LogP contribution in [0.2, 0.25) is 0 Å². The van der Waals surface area contributed by atoms with Gasteiger partial charge in [-0.1, -0.05) is 54.6 Å². The molecule has 0 unspecified atom stereocenters. The van der Waals surface area contributed by atoms with Gasteiger partial charge < -0.3 is 0 Å². The molecule has 126 valence electrons. The fourth-order valence-corrected chi connectivity index (χ4v) is 2.84. The zero-order chi connectivity index (χ0) is 17.8. The van der Waals surface area contributed by atoms with Gasteiger partial charge in [0, 0.05) is 0 Å². The maximum atomic E-state index is 12.3. The molecule has 1 N–H and O–H groups in total. The maximum absolute atomic E-state index is 12.3. The molecule has 0 aliphatic carbocycles. The minimum Gasteiger partial charge on any atom is -0.273 e. The Labute approximate surface area is 148 Å². The first-order valence-electron chi connectivity index (χ1n) is 8.42. The smallest absolute Gasteiger partial charge is 0.244 e. The van der Waals surface area contributed by atoms with E-state index in [1.165, 1.54) is 11.1 Å². The van der Waals surface area contributed by atoms with Crippen LogP contribution in [-0.2, 0) is 11.2 Å². The van der Waals surface area contributed by atoms with Crippen LogP contribution >= 0.6 is 0 Å². The fourth-order valence-electron chi connectivity index (χ4n) is 2.84. The van der Waals surface area contributed by atoms with Crippen molar-refractivity contribution in [3.63, 3.8) is 0 Å². The van der Waals surface area contributed by atoms with Gasteiger partial charge in [0.25, 0.3) is 0 Å². The molecule has 0 spiro atoms. The Balaban J connectivity index is 1.72. The Morgan fingerprint density at radius 2 is 1.72 bits per heavy atom. The summed E-state index contributed by atoms with van der Waals surface area (Å²) in [7, 11) is 0. The third-order valence-electron chi connectivity index (χ3n) is 4.50. The highest BCUT2D eigenvalue weighted by Crippen LogP contribution is 2.18. The molecule has 0 fully saturated rings. The van der Waals surface area contributed by atoms with E-state index in [4.69, 9.17) is 0 Å². The van der Waals surface area contributed by atoms with Crippen molar-refractivity contribution >= 4 is 22.4 Å². The van der Waals surface area contributed by atoms with E-state index in [0.29, 0.717) is 6.42 Å². The standard InChI is InChI=1S/C22H22N2O/c1-15-11-12-19(13-16(15)2)17(3)23-24-22(25)14-20-9-6-8-18-7-4-5-10-21(18)20/h4-13H,14H2,1-3H3,(H,24,25). The van der Waals surface area contributed by atoms with Crippen LogP contribution in [0.3, 0.4) is 0 Å². The number of nitrogens with one attached hydrogen (secondary N) is 1. The largest absolute Gasteiger partial charge is 0.273 e. The molecule has 0 bridgehead atoms. The summed E-state index contributed by atoms with van der Waals surface area (Å²) >= 11 is 0. The van der Waals surface area contributed by atoms with Crippen LogP contribution in [0.1, 0.15) is 29.2 Å². The number of carbonyl (C=O) groups is 1. The quantitative estimate of drug-likeness (QED) is 0.554. The van der Waals surface area contributed by atoms with Gasteiger partial charge in [0.2, 0.25) is 5.91 Å². The zero-order valence-electron chi connectivity index (χ0n) is 14.8. The van der Waals surface area contributed by atoms with Crippen LogP contribution in [0.15, 0.2) is 65.8 Å². The van der Waals surface area contributed by atoms with Crippen molar-refractivity contribution < 1.29 is 4.79 Å². The summed E-state index contributed by atoms with van der Waals surface area (Å²) in [5.41, 5.74) is 7.97. The predicted octanol–water partition coefficient (Wildman–Crippen LogP) is 4.54. The summed E-state index contributed by atoms with van der Waals surface area (Å²) < 4.78 is 0. The zero-order valence-corrected chi connectivity index (χ0v) is 14.8. The Kier molecular flexibility index (Phi) is 4.94. The molecule has 25 heavy (non-hydrogen) atoms. The Morgan fingerprint density at radius 3 is 2.52 bits per heavy atom. The van der Waals surface area contributed by atoms with Crippen molar-refractivity contribution in [1.29, 1.82) is 0 Å². The Hall–Kier alpha value is -2.94. The molecule has 0 aliphatic heterocycles. The lowest BCUT2D eigenvalue weighted by Gasteiger charge is -2.07. The Bertz CT molecular complexity index is 952. The molecule has 0 saturated heterocycles. The molecular weight excluding hydrogens is 308 g/mol. The number of hydrogen-bond donors (Lipinski definition) is 1. The number of nitrogens with zero attached hydrogens (tertiary/aromatic N) is 1. The van der Waals surface area contributed by atoms with E-state index in [1.54, 1.807) is 0 Å². The summed E-state index contributed by atoms with van der Waals surface area (Å²) in [4.78, 5) is 12.3. The number of fused-ring (bicyclic) bond motifs is 1. The van der Waals surface area contributed by atoms with Crippen molar-refractivity contribution in [3.05, 3.63) is 82.9 Å². The first-order valence-corrected chi connectivity index (χ1v) is 8.42. The van der Waals surface area contributed by atoms with Gasteiger partial charge in [-0.15, -0.1) is 0 Å². The van der Waals surface area contributed by atoms with Crippen LogP contribution in [0.4, 0.5) is 0 Å². The number of hydrazone groups is 1. The Morgan fingerprint density at radius 1 is 0.960 bits per heavy atom. The minimum atomic E-state index is -0.112. The second-order valence-electron chi connectivity index (χ2n) is 6.35. The molecule has 0 radical (unpaired) electrons. The number of amides is 1. The molecule has 1 amide bonds. The second kappa shape index (κ2) is 7.31. The van der Waals surface area contributed by atoms with E-state index in [2.05, 4.69) is 48.6 Å². The molecule has 3 aromatic rings. The molecule has 3 rings (SSSR count). The summed E-state index contributed by atoms with van der Waals surface area (Å²) in [6.07, 6.45) is 0.311. The summed E-state index contributed by atoms with van der Waals surface area (Å²) in [6.45, 7) is 6.06. The van der Waals surface area contributed by atoms with Crippen molar-refractivity contribution in [2.24, 2.45) is 5.10 Å². The van der Waals surface area contributed by atoms with Crippen LogP contribution in [0.5, 0.6) is 0 Å². The molecule has 0 atom stereocenters. The van der Waals surface area contributed by atoms with Crippen molar-refractivity contribution in [1.82, 2.24) is 5.43 Å². The summed E-state index contributed by atoms with van der Waals surface area (Å²) in [5, 5.41) is 6.51. The van der Waals surface area contributed by atoms with Gasteiger partial charge in [-0.25, -0.2) is 5.43 Å². The highest BCUT2D eigenvalue weighted by Gasteiger charge is 2.07. The van der Waals surface area contributed by atoms with Gasteiger partial charge in [0.15, 0.2) is 0 Å². The first kappa shape index (κ1) is 16.9. The second-order valence-corrected chi connectivity index (χ2v) is 6.35. The lowest BCUT2D eigenvalue weighted by molar-refractivity contribution is -0.120. The van der Waals surface area contributed by atoms with E-state index >= 15 is 0 Å². The minimum absolute atomic E-state index is 0.112. The number of benzene rings is 3. The molecule has 3 nitrogen and oxygen atoms in total. The molecular formula is C22H22N2O. The average Bonchev–Trinajstić information content (AvgIpc) is 2.62. The summed E-state index contributed by atoms with van der Waals surface area (Å²) in [5.74, 6) is -0.112. The van der Waals surface area contributed by atoms with E-state index in [0.717, 1.165) is 27.6 Å². The van der Waals surface area contributed by atoms with E-state index in [-0.39, 0.29) is 5.91 Å². The molecule has 3 heteroatoms. The molecule has 3 aromatic carbocycles. The highest BCUT2D eigenvalue weighted by molar-refractivity contribution is 5.99. The van der Waals surface area contributed by atoms with Gasteiger partial charge in [0.1, 0.15) is 0 Å². The van der Waals surface area contributed by atoms with E-state index in [1.807, 2.05) is 43.3 Å². The number of carbonyl (C=O) groups excluding carboxylic acids is 1. The highest BCUT2D eigenvalue weighted by atomic mass is 16.2. The monoisotopic (exact) mass is 330 g/mol. The van der Waals surface area contributed by atoms with Crippen molar-refractivity contribution in [2.45, 2.75) is 27.2 Å². The van der Waals surface area contributed by atoms with E-state index in [9.17, 15) is 4.79 Å². The third-order valence-corrected chi connectivity index (χ3v) is 4.50. The predicted molar refractivity (Wildman–Crippen MR) is 104 cm³/mol. The summed E-state index contributed by atoms with van der Waals surface area (Å²) in [6, 6.07) is 20.3.